The number of fused-ring (bicyclic) bond motifs is 1. The number of aryl methyl sites for hydroxylation is 1. The van der Waals surface area contributed by atoms with Crippen LogP contribution in [0.5, 0.6) is 0 Å². The van der Waals surface area contributed by atoms with E-state index in [0.29, 0.717) is 50.5 Å². The highest BCUT2D eigenvalue weighted by molar-refractivity contribution is 5.92. The summed E-state index contributed by atoms with van der Waals surface area (Å²) in [5, 5.41) is 23.5. The van der Waals surface area contributed by atoms with Gasteiger partial charge in [0.15, 0.2) is 0 Å². The Hall–Kier alpha value is -3.06. The van der Waals surface area contributed by atoms with Gasteiger partial charge in [0, 0.05) is 50.0 Å². The van der Waals surface area contributed by atoms with Crippen LogP contribution in [0.1, 0.15) is 35.0 Å². The first-order valence-electron chi connectivity index (χ1n) is 10.5. The van der Waals surface area contributed by atoms with Gasteiger partial charge in [0.05, 0.1) is 23.8 Å². The molecule has 3 heterocycles. The van der Waals surface area contributed by atoms with Crippen LogP contribution in [0.15, 0.2) is 30.5 Å². The fraction of sp³-hybridized carbons (Fsp3) is 0.500. The first-order valence-corrected chi connectivity index (χ1v) is 10.5. The third-order valence-corrected chi connectivity index (χ3v) is 6.70. The Morgan fingerprint density at radius 2 is 2.12 bits per heavy atom. The molecule has 170 valence electrons. The van der Waals surface area contributed by atoms with E-state index in [1.807, 2.05) is 11.8 Å². The Bertz CT molecular complexity index is 1060. The van der Waals surface area contributed by atoms with Gasteiger partial charge in [0.2, 0.25) is 0 Å². The normalized spacial score (nSPS) is 23.2. The molecule has 2 aliphatic rings. The zero-order valence-corrected chi connectivity index (χ0v) is 17.6. The third kappa shape index (κ3) is 3.71. The van der Waals surface area contributed by atoms with E-state index in [1.165, 1.54) is 12.1 Å². The van der Waals surface area contributed by atoms with Crippen molar-refractivity contribution in [2.45, 2.75) is 26.1 Å². The molecule has 1 N–H and O–H groups in total. The maximum atomic E-state index is 13.4. The van der Waals surface area contributed by atoms with Gasteiger partial charge in [-0.3, -0.25) is 9.48 Å². The van der Waals surface area contributed by atoms with Crippen molar-refractivity contribution in [1.29, 1.82) is 5.26 Å². The van der Waals surface area contributed by atoms with Gasteiger partial charge in [0.25, 0.3) is 5.91 Å². The van der Waals surface area contributed by atoms with Crippen molar-refractivity contribution in [3.8, 4) is 6.07 Å². The van der Waals surface area contributed by atoms with Crippen molar-refractivity contribution in [1.82, 2.24) is 14.7 Å². The summed E-state index contributed by atoms with van der Waals surface area (Å²) in [5.74, 6) is -0.121. The van der Waals surface area contributed by atoms with Gasteiger partial charge in [-0.05, 0) is 43.5 Å². The van der Waals surface area contributed by atoms with Gasteiger partial charge in [-0.25, -0.2) is 0 Å². The highest BCUT2D eigenvalue weighted by Gasteiger charge is 2.50. The molecule has 2 atom stereocenters. The quantitative estimate of drug-likeness (QED) is 0.779. The molecule has 0 bridgehead atoms. The molecule has 10 heteroatoms. The Morgan fingerprint density at radius 3 is 2.78 bits per heavy atom. The van der Waals surface area contributed by atoms with Crippen LogP contribution < -0.4 is 4.90 Å². The van der Waals surface area contributed by atoms with Gasteiger partial charge < -0.3 is 14.9 Å². The topological polar surface area (TPSA) is 85.4 Å². The molecule has 2 aromatic rings. The van der Waals surface area contributed by atoms with E-state index in [-0.39, 0.29) is 18.4 Å². The Morgan fingerprint density at radius 1 is 1.34 bits per heavy atom. The number of likely N-dealkylation sites (tertiary alicyclic amines) is 1. The number of nitrogens with zero attached hydrogens (tertiary/aromatic N) is 5. The minimum atomic E-state index is -4.63. The number of carbonyl (C=O) groups is 1. The number of benzene rings is 1. The zero-order valence-electron chi connectivity index (χ0n) is 17.6. The summed E-state index contributed by atoms with van der Waals surface area (Å²) in [5.41, 5.74) is -1.16. The van der Waals surface area contributed by atoms with Crippen molar-refractivity contribution >= 4 is 11.6 Å². The molecule has 2 saturated heterocycles. The van der Waals surface area contributed by atoms with Crippen LogP contribution in [0.4, 0.5) is 18.9 Å². The average molecular weight is 447 g/mol. The molecule has 2 aliphatic heterocycles. The van der Waals surface area contributed by atoms with Crippen LogP contribution in [0.3, 0.4) is 0 Å². The summed E-state index contributed by atoms with van der Waals surface area (Å²) in [7, 11) is 0. The highest BCUT2D eigenvalue weighted by Crippen LogP contribution is 2.44. The SMILES string of the molecule is CCn1nccc1C(=O)N1CC[C@H]2CN(c3ccc(C#N)c(C(F)(F)F)c3)C[C@@]2(CO)C1. The van der Waals surface area contributed by atoms with Gasteiger partial charge in [-0.15, -0.1) is 0 Å². The van der Waals surface area contributed by atoms with Crippen LogP contribution in [0.25, 0.3) is 0 Å². The van der Waals surface area contributed by atoms with E-state index in [4.69, 9.17) is 5.26 Å². The number of halogens is 3. The highest BCUT2D eigenvalue weighted by atomic mass is 19.4. The van der Waals surface area contributed by atoms with Gasteiger partial charge in [0.1, 0.15) is 5.69 Å². The number of hydrogen-bond donors (Lipinski definition) is 1. The predicted molar refractivity (Wildman–Crippen MR) is 110 cm³/mol. The molecule has 1 aromatic heterocycles. The molecule has 0 aliphatic carbocycles. The van der Waals surface area contributed by atoms with Crippen LogP contribution in [-0.2, 0) is 12.7 Å². The Kier molecular flexibility index (Phi) is 5.63. The number of carbonyl (C=O) groups excluding carboxylic acids is 1. The predicted octanol–water partition coefficient (Wildman–Crippen LogP) is 2.75. The van der Waals surface area contributed by atoms with E-state index < -0.39 is 22.7 Å². The molecule has 4 rings (SSSR count). The maximum absolute atomic E-state index is 13.4. The monoisotopic (exact) mass is 447 g/mol. The molecule has 7 nitrogen and oxygen atoms in total. The third-order valence-electron chi connectivity index (χ3n) is 6.70. The maximum Gasteiger partial charge on any atom is 0.417 e. The second-order valence-corrected chi connectivity index (χ2v) is 8.48. The number of nitriles is 1. The second kappa shape index (κ2) is 8.13. The summed E-state index contributed by atoms with van der Waals surface area (Å²) < 4.78 is 41.9. The number of rotatable bonds is 4. The molecule has 1 aromatic carbocycles. The number of aliphatic hydroxyl groups is 1. The standard InChI is InChI=1S/C22H24F3N5O2/c1-2-30-19(5-7-27-30)20(32)28-8-6-16-11-29(13-21(16,12-28)14-31)17-4-3-15(10-26)18(9-17)22(23,24)25/h3-5,7,9,16,31H,2,6,8,11-14H2,1H3/t16-,21+/m0/s1. The van der Waals surface area contributed by atoms with E-state index in [9.17, 15) is 23.1 Å². The minimum Gasteiger partial charge on any atom is -0.396 e. The molecule has 32 heavy (non-hydrogen) atoms. The Balaban J connectivity index is 1.59. The lowest BCUT2D eigenvalue weighted by Crippen LogP contribution is -2.52. The molecular formula is C22H24F3N5O2. The fourth-order valence-electron chi connectivity index (χ4n) is 4.97. The number of alkyl halides is 3. The lowest BCUT2D eigenvalue weighted by Gasteiger charge is -2.43. The average Bonchev–Trinajstić information content (AvgIpc) is 3.42. The number of hydrogen-bond acceptors (Lipinski definition) is 5. The minimum absolute atomic E-state index is 0.0395. The largest absolute Gasteiger partial charge is 0.417 e. The summed E-state index contributed by atoms with van der Waals surface area (Å²) in [6, 6.07) is 6.97. The van der Waals surface area contributed by atoms with Crippen LogP contribution in [0, 0.1) is 22.7 Å². The molecule has 0 unspecified atom stereocenters. The molecular weight excluding hydrogens is 423 g/mol. The summed E-state index contributed by atoms with van der Waals surface area (Å²) >= 11 is 0. The molecule has 0 radical (unpaired) electrons. The van der Waals surface area contributed by atoms with E-state index >= 15 is 0 Å². The van der Waals surface area contributed by atoms with Crippen LogP contribution in [0.2, 0.25) is 0 Å². The van der Waals surface area contributed by atoms with Gasteiger partial charge >= 0.3 is 6.18 Å². The zero-order chi connectivity index (χ0) is 23.1. The van der Waals surface area contributed by atoms with Crippen LogP contribution >= 0.6 is 0 Å². The number of amides is 1. The van der Waals surface area contributed by atoms with Gasteiger partial charge in [-0.1, -0.05) is 0 Å². The number of piperidine rings is 1. The van der Waals surface area contributed by atoms with E-state index in [1.54, 1.807) is 27.9 Å². The van der Waals surface area contributed by atoms with E-state index in [2.05, 4.69) is 5.10 Å². The molecule has 1 amide bonds. The fourth-order valence-corrected chi connectivity index (χ4v) is 4.97. The van der Waals surface area contributed by atoms with Gasteiger partial charge in [-0.2, -0.15) is 23.5 Å². The van der Waals surface area contributed by atoms with Crippen molar-refractivity contribution in [3.05, 3.63) is 47.3 Å². The van der Waals surface area contributed by atoms with Crippen molar-refractivity contribution in [2.24, 2.45) is 11.3 Å². The number of anilines is 1. The first kappa shape index (κ1) is 22.1. The molecule has 2 fully saturated rings. The van der Waals surface area contributed by atoms with Crippen LogP contribution in [-0.4, -0.2) is 58.5 Å². The second-order valence-electron chi connectivity index (χ2n) is 8.48. The smallest absolute Gasteiger partial charge is 0.396 e. The van der Waals surface area contributed by atoms with E-state index in [0.717, 1.165) is 6.07 Å². The number of aromatic nitrogens is 2. The Labute approximate surface area is 183 Å². The summed E-state index contributed by atoms with van der Waals surface area (Å²) in [6.45, 7) is 3.92. The molecule has 0 spiro atoms. The van der Waals surface area contributed by atoms with Crippen molar-refractivity contribution < 1.29 is 23.1 Å². The van der Waals surface area contributed by atoms with Crippen molar-refractivity contribution in [3.63, 3.8) is 0 Å². The number of aliphatic hydroxyl groups excluding tert-OH is 1. The lowest BCUT2D eigenvalue weighted by molar-refractivity contribution is -0.137. The van der Waals surface area contributed by atoms with Crippen molar-refractivity contribution in [2.75, 3.05) is 37.7 Å². The summed E-state index contributed by atoms with van der Waals surface area (Å²) in [4.78, 5) is 16.6. The lowest BCUT2D eigenvalue weighted by atomic mass is 9.74. The summed E-state index contributed by atoms with van der Waals surface area (Å²) in [6.07, 6.45) is -2.41. The first-order chi connectivity index (χ1) is 15.2. The molecule has 0 saturated carbocycles.